The Kier molecular flexibility index (Phi) is 7.15. The summed E-state index contributed by atoms with van der Waals surface area (Å²) in [4.78, 5) is 28.7. The summed E-state index contributed by atoms with van der Waals surface area (Å²) in [5, 5.41) is 0.243. The van der Waals surface area contributed by atoms with E-state index in [4.69, 9.17) is 32.7 Å². The minimum atomic E-state index is -1.13. The summed E-state index contributed by atoms with van der Waals surface area (Å²) in [6.07, 6.45) is 0.697. The van der Waals surface area contributed by atoms with Crippen LogP contribution < -0.4 is 14.4 Å². The molecule has 2 aromatic rings. The number of ketones is 1. The molecule has 0 fully saturated rings. The van der Waals surface area contributed by atoms with Crippen LogP contribution in [0.5, 0.6) is 11.5 Å². The average Bonchev–Trinajstić information content (AvgIpc) is 2.62. The highest BCUT2D eigenvalue weighted by molar-refractivity contribution is 6.34. The molecule has 6 nitrogen and oxygen atoms in total. The number of rotatable bonds is 7. The molecule has 1 aromatic heterocycles. The Balaban J connectivity index is 2.65. The van der Waals surface area contributed by atoms with Crippen LogP contribution in [0.25, 0.3) is 0 Å². The second kappa shape index (κ2) is 9.16. The van der Waals surface area contributed by atoms with Crippen molar-refractivity contribution < 1.29 is 27.8 Å². The van der Waals surface area contributed by atoms with E-state index < -0.39 is 35.4 Å². The maximum atomic E-state index is 14.9. The highest BCUT2D eigenvalue weighted by Crippen LogP contribution is 2.38. The van der Waals surface area contributed by atoms with E-state index in [1.165, 1.54) is 33.4 Å². The van der Waals surface area contributed by atoms with Crippen molar-refractivity contribution >= 4 is 40.6 Å². The minimum absolute atomic E-state index is 0.107. The summed E-state index contributed by atoms with van der Waals surface area (Å²) in [5.74, 6) is -4.26. The van der Waals surface area contributed by atoms with Crippen LogP contribution in [0.2, 0.25) is 10.2 Å². The number of halogens is 4. The van der Waals surface area contributed by atoms with Crippen molar-refractivity contribution in [2.75, 3.05) is 19.1 Å². The minimum Gasteiger partial charge on any atom is -0.493 e. The van der Waals surface area contributed by atoms with Crippen LogP contribution in [-0.2, 0) is 16.1 Å². The standard InChI is InChI=1S/C18H16Cl2F2N2O4/c1-9(25)4-15(26)24(8-10-7-23-14(20)5-11(10)19)18-16(21)12(27-2)6-13(28-3)17(18)22/h5-7H,4,8H2,1-3H3. The van der Waals surface area contributed by atoms with Crippen molar-refractivity contribution in [2.24, 2.45) is 0 Å². The van der Waals surface area contributed by atoms with Gasteiger partial charge in [0.25, 0.3) is 0 Å². The van der Waals surface area contributed by atoms with E-state index in [-0.39, 0.29) is 33.8 Å². The van der Waals surface area contributed by atoms with Gasteiger partial charge in [-0.1, -0.05) is 23.2 Å². The molecule has 0 aliphatic rings. The molecule has 10 heteroatoms. The number of Topliss-reactive ketones (excluding diaryl/α,β-unsaturated/α-hetero) is 1. The lowest BCUT2D eigenvalue weighted by Gasteiger charge is -2.25. The van der Waals surface area contributed by atoms with Crippen molar-refractivity contribution in [3.8, 4) is 11.5 Å². The van der Waals surface area contributed by atoms with Crippen LogP contribution in [-0.4, -0.2) is 30.9 Å². The predicted octanol–water partition coefficient (Wildman–Crippen LogP) is 4.20. The van der Waals surface area contributed by atoms with Gasteiger partial charge in [-0.15, -0.1) is 0 Å². The van der Waals surface area contributed by atoms with Crippen LogP contribution in [0.15, 0.2) is 18.3 Å². The second-order valence-electron chi connectivity index (χ2n) is 5.71. The zero-order valence-electron chi connectivity index (χ0n) is 15.2. The number of hydrogen-bond acceptors (Lipinski definition) is 5. The number of aromatic nitrogens is 1. The number of nitrogens with zero attached hydrogens (tertiary/aromatic N) is 2. The smallest absolute Gasteiger partial charge is 0.234 e. The van der Waals surface area contributed by atoms with E-state index >= 15 is 0 Å². The number of carbonyl (C=O) groups excluding carboxylic acids is 2. The zero-order chi connectivity index (χ0) is 21.0. The molecule has 1 aromatic carbocycles. The molecule has 1 amide bonds. The molecule has 1 heterocycles. The number of amides is 1. The fraction of sp³-hybridized carbons (Fsp3) is 0.278. The molecule has 0 N–H and O–H groups in total. The first-order chi connectivity index (χ1) is 13.2. The largest absolute Gasteiger partial charge is 0.493 e. The van der Waals surface area contributed by atoms with E-state index in [0.29, 0.717) is 0 Å². The van der Waals surface area contributed by atoms with Crippen LogP contribution >= 0.6 is 23.2 Å². The van der Waals surface area contributed by atoms with Gasteiger partial charge in [0.05, 0.1) is 32.2 Å². The van der Waals surface area contributed by atoms with Gasteiger partial charge in [-0.25, -0.2) is 13.8 Å². The Bertz CT molecular complexity index is 897. The highest BCUT2D eigenvalue weighted by atomic mass is 35.5. The van der Waals surface area contributed by atoms with Gasteiger partial charge in [0.2, 0.25) is 5.91 Å². The maximum Gasteiger partial charge on any atom is 0.234 e. The molecule has 0 atom stereocenters. The van der Waals surface area contributed by atoms with Crippen molar-refractivity contribution in [2.45, 2.75) is 19.9 Å². The molecule has 0 unspecified atom stereocenters. The quantitative estimate of drug-likeness (QED) is 0.484. The molecule has 0 saturated carbocycles. The van der Waals surface area contributed by atoms with Crippen molar-refractivity contribution in [3.05, 3.63) is 45.7 Å². The SMILES string of the molecule is COc1cc(OC)c(F)c(N(Cc2cnc(Cl)cc2Cl)C(=O)CC(C)=O)c1F. The molecule has 28 heavy (non-hydrogen) atoms. The third kappa shape index (κ3) is 4.69. The lowest BCUT2D eigenvalue weighted by molar-refractivity contribution is -0.125. The first-order valence-electron chi connectivity index (χ1n) is 7.89. The third-order valence-corrected chi connectivity index (χ3v) is 4.30. The highest BCUT2D eigenvalue weighted by Gasteiger charge is 2.29. The van der Waals surface area contributed by atoms with Gasteiger partial charge < -0.3 is 14.4 Å². The van der Waals surface area contributed by atoms with E-state index in [1.54, 1.807) is 0 Å². The van der Waals surface area contributed by atoms with E-state index in [2.05, 4.69) is 4.98 Å². The van der Waals surface area contributed by atoms with Gasteiger partial charge in [-0.05, 0) is 13.0 Å². The lowest BCUT2D eigenvalue weighted by atomic mass is 10.1. The van der Waals surface area contributed by atoms with E-state index in [1.807, 2.05) is 0 Å². The summed E-state index contributed by atoms with van der Waals surface area (Å²) in [7, 11) is 2.36. The fourth-order valence-corrected chi connectivity index (χ4v) is 2.86. The fourth-order valence-electron chi connectivity index (χ4n) is 2.43. The first-order valence-corrected chi connectivity index (χ1v) is 8.64. The molecular weight excluding hydrogens is 417 g/mol. The number of anilines is 1. The Labute approximate surface area is 170 Å². The number of ether oxygens (including phenoxy) is 2. The number of pyridine rings is 1. The second-order valence-corrected chi connectivity index (χ2v) is 6.51. The Hall–Kier alpha value is -2.45. The third-order valence-electron chi connectivity index (χ3n) is 3.75. The summed E-state index contributed by atoms with van der Waals surface area (Å²) < 4.78 is 39.6. The predicted molar refractivity (Wildman–Crippen MR) is 100 cm³/mol. The topological polar surface area (TPSA) is 68.7 Å². The summed E-state index contributed by atoms with van der Waals surface area (Å²) in [6, 6.07) is 2.34. The summed E-state index contributed by atoms with van der Waals surface area (Å²) in [6.45, 7) is 0.824. The van der Waals surface area contributed by atoms with Gasteiger partial charge in [0.15, 0.2) is 23.1 Å². The molecule has 0 bridgehead atoms. The number of carbonyl (C=O) groups is 2. The van der Waals surface area contributed by atoms with Crippen molar-refractivity contribution in [1.29, 1.82) is 0 Å². The van der Waals surface area contributed by atoms with Crippen molar-refractivity contribution in [1.82, 2.24) is 4.98 Å². The van der Waals surface area contributed by atoms with Crippen LogP contribution in [0.4, 0.5) is 14.5 Å². The number of hydrogen-bond donors (Lipinski definition) is 0. The van der Waals surface area contributed by atoms with Crippen molar-refractivity contribution in [3.63, 3.8) is 0 Å². The molecule has 2 rings (SSSR count). The van der Waals surface area contributed by atoms with Crippen LogP contribution in [0, 0.1) is 11.6 Å². The number of methoxy groups -OCH3 is 2. The van der Waals surface area contributed by atoms with Gasteiger partial charge >= 0.3 is 0 Å². The van der Waals surface area contributed by atoms with Gasteiger partial charge in [0.1, 0.15) is 16.6 Å². The van der Waals surface area contributed by atoms with Gasteiger partial charge in [-0.3, -0.25) is 9.59 Å². The Morgan fingerprint density at radius 2 is 1.68 bits per heavy atom. The Morgan fingerprint density at radius 1 is 1.11 bits per heavy atom. The molecule has 0 aliphatic carbocycles. The normalized spacial score (nSPS) is 10.5. The molecule has 0 saturated heterocycles. The molecule has 0 radical (unpaired) electrons. The van der Waals surface area contributed by atoms with Crippen LogP contribution in [0.1, 0.15) is 18.9 Å². The van der Waals surface area contributed by atoms with Crippen LogP contribution in [0.3, 0.4) is 0 Å². The van der Waals surface area contributed by atoms with Gasteiger partial charge in [0, 0.05) is 17.8 Å². The number of benzene rings is 1. The van der Waals surface area contributed by atoms with E-state index in [9.17, 15) is 18.4 Å². The zero-order valence-corrected chi connectivity index (χ0v) is 16.7. The summed E-state index contributed by atoms with van der Waals surface area (Å²) in [5.41, 5.74) is -0.461. The van der Waals surface area contributed by atoms with Gasteiger partial charge in [-0.2, -0.15) is 0 Å². The molecular formula is C18H16Cl2F2N2O4. The van der Waals surface area contributed by atoms with E-state index in [0.717, 1.165) is 11.0 Å². The lowest BCUT2D eigenvalue weighted by Crippen LogP contribution is -2.33. The molecule has 150 valence electrons. The summed E-state index contributed by atoms with van der Waals surface area (Å²) >= 11 is 11.9. The molecule has 0 aliphatic heterocycles. The monoisotopic (exact) mass is 432 g/mol. The maximum absolute atomic E-state index is 14.9. The molecule has 0 spiro atoms. The Morgan fingerprint density at radius 3 is 2.14 bits per heavy atom. The average molecular weight is 433 g/mol. The first kappa shape index (κ1) is 21.8.